The van der Waals surface area contributed by atoms with E-state index in [1.165, 1.54) is 11.3 Å². The van der Waals surface area contributed by atoms with Crippen molar-refractivity contribution in [2.45, 2.75) is 19.4 Å². The second-order valence-electron chi connectivity index (χ2n) is 5.48. The van der Waals surface area contributed by atoms with Gasteiger partial charge in [0.15, 0.2) is 0 Å². The number of aromatic nitrogens is 1. The maximum Gasteiger partial charge on any atom is 0.265 e. The largest absolute Gasteiger partial charge is 0.391 e. The Kier molecular flexibility index (Phi) is 4.03. The number of rotatable bonds is 2. The van der Waals surface area contributed by atoms with Crippen molar-refractivity contribution < 1.29 is 9.90 Å². The summed E-state index contributed by atoms with van der Waals surface area (Å²) >= 11 is 1.41. The van der Waals surface area contributed by atoms with Crippen molar-refractivity contribution >= 4 is 17.2 Å². The summed E-state index contributed by atoms with van der Waals surface area (Å²) in [6.07, 6.45) is 2.06. The number of carbonyl (C=O) groups is 1. The van der Waals surface area contributed by atoms with Crippen LogP contribution in [0.15, 0.2) is 36.5 Å². The van der Waals surface area contributed by atoms with Gasteiger partial charge in [-0.25, -0.2) is 4.98 Å². The van der Waals surface area contributed by atoms with E-state index in [-0.39, 0.29) is 11.8 Å². The smallest absolute Gasteiger partial charge is 0.265 e. The summed E-state index contributed by atoms with van der Waals surface area (Å²) in [6.45, 7) is 3.14. The molecule has 21 heavy (non-hydrogen) atoms. The van der Waals surface area contributed by atoms with Gasteiger partial charge in [-0.05, 0) is 12.3 Å². The number of likely N-dealkylation sites (tertiary alicyclic amines) is 1. The van der Waals surface area contributed by atoms with E-state index >= 15 is 0 Å². The Morgan fingerprint density at radius 3 is 2.86 bits per heavy atom. The summed E-state index contributed by atoms with van der Waals surface area (Å²) in [5.41, 5.74) is 1.02. The Hall–Kier alpha value is -1.72. The summed E-state index contributed by atoms with van der Waals surface area (Å²) < 4.78 is 0. The quantitative estimate of drug-likeness (QED) is 0.928. The van der Waals surface area contributed by atoms with E-state index < -0.39 is 6.10 Å². The Balaban J connectivity index is 1.76. The molecule has 0 radical (unpaired) electrons. The number of aliphatic hydroxyl groups is 1. The molecule has 4 nitrogen and oxygen atoms in total. The van der Waals surface area contributed by atoms with E-state index in [2.05, 4.69) is 4.98 Å². The average molecular weight is 302 g/mol. The molecule has 0 spiro atoms. The highest BCUT2D eigenvalue weighted by atomic mass is 32.1. The zero-order valence-corrected chi connectivity index (χ0v) is 12.7. The summed E-state index contributed by atoms with van der Waals surface area (Å²) in [7, 11) is 0. The number of carbonyl (C=O) groups excluding carboxylic acids is 1. The number of aliphatic hydroxyl groups excluding tert-OH is 1. The minimum atomic E-state index is -0.427. The molecule has 0 saturated carbocycles. The number of benzene rings is 1. The standard InChI is InChI=1S/C16H18N2O2S/c1-11-7-8-18(10-13(11)19)16(20)14-9-17-15(21-14)12-5-3-2-4-6-12/h2-6,9,11,13,19H,7-8,10H2,1H3. The number of hydrogen-bond acceptors (Lipinski definition) is 4. The maximum absolute atomic E-state index is 12.5. The van der Waals surface area contributed by atoms with E-state index in [0.717, 1.165) is 17.0 Å². The molecule has 1 aliphatic heterocycles. The highest BCUT2D eigenvalue weighted by molar-refractivity contribution is 7.16. The SMILES string of the molecule is CC1CCN(C(=O)c2cnc(-c3ccccc3)s2)CC1O. The zero-order valence-electron chi connectivity index (χ0n) is 11.9. The van der Waals surface area contributed by atoms with Crippen LogP contribution < -0.4 is 0 Å². The molecule has 3 rings (SSSR count). The van der Waals surface area contributed by atoms with E-state index in [0.29, 0.717) is 18.0 Å². The molecule has 5 heteroatoms. The van der Waals surface area contributed by atoms with Crippen LogP contribution in [0, 0.1) is 5.92 Å². The highest BCUT2D eigenvalue weighted by Gasteiger charge is 2.28. The lowest BCUT2D eigenvalue weighted by molar-refractivity contribution is 0.0251. The third kappa shape index (κ3) is 2.99. The molecule has 2 atom stereocenters. The van der Waals surface area contributed by atoms with Crippen LogP contribution in [0.25, 0.3) is 10.6 Å². The van der Waals surface area contributed by atoms with E-state index in [1.807, 2.05) is 37.3 Å². The first kappa shape index (κ1) is 14.2. The molecule has 2 heterocycles. The predicted molar refractivity (Wildman–Crippen MR) is 83.2 cm³/mol. The monoisotopic (exact) mass is 302 g/mol. The number of hydrogen-bond donors (Lipinski definition) is 1. The van der Waals surface area contributed by atoms with Crippen LogP contribution in [0.1, 0.15) is 23.0 Å². The number of nitrogens with zero attached hydrogens (tertiary/aromatic N) is 2. The lowest BCUT2D eigenvalue weighted by atomic mass is 9.96. The van der Waals surface area contributed by atoms with E-state index in [9.17, 15) is 9.90 Å². The number of β-amino-alcohol motifs (C(OH)–C–C–N with tert-alkyl or cyclic N) is 1. The summed E-state index contributed by atoms with van der Waals surface area (Å²) in [6, 6.07) is 9.85. The fourth-order valence-corrected chi connectivity index (χ4v) is 3.37. The van der Waals surface area contributed by atoms with Gasteiger partial charge >= 0.3 is 0 Å². The van der Waals surface area contributed by atoms with E-state index in [1.54, 1.807) is 11.1 Å². The predicted octanol–water partition coefficient (Wildman–Crippen LogP) is 2.65. The van der Waals surface area contributed by atoms with Gasteiger partial charge in [-0.1, -0.05) is 37.3 Å². The second-order valence-corrected chi connectivity index (χ2v) is 6.51. The molecule has 1 fully saturated rings. The van der Waals surface area contributed by atoms with E-state index in [4.69, 9.17) is 0 Å². The molecule has 0 bridgehead atoms. The molecule has 1 aromatic heterocycles. The number of amides is 1. The molecule has 1 saturated heterocycles. The van der Waals surface area contributed by atoms with Crippen molar-refractivity contribution in [1.29, 1.82) is 0 Å². The fraction of sp³-hybridized carbons (Fsp3) is 0.375. The van der Waals surface area contributed by atoms with Gasteiger partial charge in [-0.15, -0.1) is 11.3 Å². The third-order valence-electron chi connectivity index (χ3n) is 3.94. The molecule has 1 N–H and O–H groups in total. The molecule has 110 valence electrons. The Morgan fingerprint density at radius 2 is 2.14 bits per heavy atom. The topological polar surface area (TPSA) is 53.4 Å². The van der Waals surface area contributed by atoms with Crippen LogP contribution in [0.5, 0.6) is 0 Å². The molecule has 1 amide bonds. The van der Waals surface area contributed by atoms with Gasteiger partial charge < -0.3 is 10.0 Å². The first-order valence-corrected chi connectivity index (χ1v) is 7.95. The van der Waals surface area contributed by atoms with Crippen LogP contribution in [0.2, 0.25) is 0 Å². The Labute approximate surface area is 128 Å². The molecule has 1 aliphatic rings. The Bertz CT molecular complexity index is 626. The second kappa shape index (κ2) is 5.95. The first-order valence-electron chi connectivity index (χ1n) is 7.13. The van der Waals surface area contributed by atoms with Gasteiger partial charge in [0.25, 0.3) is 5.91 Å². The van der Waals surface area contributed by atoms with Crippen LogP contribution in [0.4, 0.5) is 0 Å². The molecule has 1 aromatic carbocycles. The van der Waals surface area contributed by atoms with Crippen LogP contribution in [-0.4, -0.2) is 40.1 Å². The minimum Gasteiger partial charge on any atom is -0.391 e. The molecular weight excluding hydrogens is 284 g/mol. The molecular formula is C16H18N2O2S. The van der Waals surface area contributed by atoms with Crippen molar-refractivity contribution in [3.63, 3.8) is 0 Å². The molecule has 0 aliphatic carbocycles. The van der Waals surface area contributed by atoms with Gasteiger partial charge in [0.05, 0.1) is 12.3 Å². The fourth-order valence-electron chi connectivity index (χ4n) is 2.48. The third-order valence-corrected chi connectivity index (χ3v) is 4.98. The Morgan fingerprint density at radius 1 is 1.38 bits per heavy atom. The van der Waals surface area contributed by atoms with Crippen LogP contribution in [-0.2, 0) is 0 Å². The first-order chi connectivity index (χ1) is 10.1. The normalized spacial score (nSPS) is 22.3. The average Bonchev–Trinajstić information content (AvgIpc) is 3.00. The van der Waals surface area contributed by atoms with Crippen LogP contribution in [0.3, 0.4) is 0 Å². The number of thiazole rings is 1. The van der Waals surface area contributed by atoms with Gasteiger partial charge in [0.2, 0.25) is 0 Å². The highest BCUT2D eigenvalue weighted by Crippen LogP contribution is 2.27. The lowest BCUT2D eigenvalue weighted by Gasteiger charge is -2.33. The van der Waals surface area contributed by atoms with Crippen molar-refractivity contribution in [3.05, 3.63) is 41.4 Å². The van der Waals surface area contributed by atoms with Crippen molar-refractivity contribution in [2.75, 3.05) is 13.1 Å². The van der Waals surface area contributed by atoms with Gasteiger partial charge in [-0.3, -0.25) is 4.79 Å². The van der Waals surface area contributed by atoms with Crippen molar-refractivity contribution in [1.82, 2.24) is 9.88 Å². The van der Waals surface area contributed by atoms with Gasteiger partial charge in [0, 0.05) is 18.7 Å². The molecule has 2 unspecified atom stereocenters. The van der Waals surface area contributed by atoms with Gasteiger partial charge in [-0.2, -0.15) is 0 Å². The minimum absolute atomic E-state index is 0.0272. The maximum atomic E-state index is 12.5. The van der Waals surface area contributed by atoms with Gasteiger partial charge in [0.1, 0.15) is 9.88 Å². The number of piperidine rings is 1. The summed E-state index contributed by atoms with van der Waals surface area (Å²) in [5, 5.41) is 10.8. The van der Waals surface area contributed by atoms with Crippen LogP contribution >= 0.6 is 11.3 Å². The van der Waals surface area contributed by atoms with Crippen molar-refractivity contribution in [2.24, 2.45) is 5.92 Å². The summed E-state index contributed by atoms with van der Waals surface area (Å²) in [5.74, 6) is 0.232. The lowest BCUT2D eigenvalue weighted by Crippen LogP contribution is -2.45. The zero-order chi connectivity index (χ0) is 14.8. The summed E-state index contributed by atoms with van der Waals surface area (Å²) in [4.78, 5) is 19.2. The molecule has 2 aromatic rings. The van der Waals surface area contributed by atoms with Crippen molar-refractivity contribution in [3.8, 4) is 10.6 Å².